The summed E-state index contributed by atoms with van der Waals surface area (Å²) in [5.74, 6) is 0.155. The number of aromatic nitrogens is 2. The number of benzene rings is 1. The van der Waals surface area contributed by atoms with Gasteiger partial charge in [0, 0.05) is 32.7 Å². The lowest BCUT2D eigenvalue weighted by atomic mass is 10.3. The zero-order valence-electron chi connectivity index (χ0n) is 10.6. The maximum atomic E-state index is 13.7. The first-order valence-corrected chi connectivity index (χ1v) is 6.31. The highest BCUT2D eigenvalue weighted by molar-refractivity contribution is 6.33. The fourth-order valence-corrected chi connectivity index (χ4v) is 1.93. The van der Waals surface area contributed by atoms with Crippen LogP contribution in [0.3, 0.4) is 0 Å². The van der Waals surface area contributed by atoms with Crippen molar-refractivity contribution in [3.63, 3.8) is 0 Å². The molecule has 0 aliphatic heterocycles. The zero-order chi connectivity index (χ0) is 13.7. The number of ether oxygens (including phenoxy) is 1. The lowest BCUT2D eigenvalue weighted by molar-refractivity contribution is 0.190. The van der Waals surface area contributed by atoms with Crippen molar-refractivity contribution in [2.24, 2.45) is 0 Å². The molecule has 2 aromatic rings. The average Bonchev–Trinajstić information content (AvgIpc) is 2.82. The van der Waals surface area contributed by atoms with Crippen LogP contribution in [0.5, 0.6) is 0 Å². The van der Waals surface area contributed by atoms with E-state index in [1.807, 2.05) is 10.8 Å². The van der Waals surface area contributed by atoms with Gasteiger partial charge in [0.2, 0.25) is 5.95 Å². The normalized spacial score (nSPS) is 10.7. The summed E-state index contributed by atoms with van der Waals surface area (Å²) in [6, 6.07) is 4.55. The summed E-state index contributed by atoms with van der Waals surface area (Å²) in [6.45, 7) is 1.40. The number of anilines is 2. The van der Waals surface area contributed by atoms with Gasteiger partial charge in [0.05, 0.1) is 10.7 Å². The molecular formula is C13H15ClFN3O. The smallest absolute Gasteiger partial charge is 0.207 e. The minimum Gasteiger partial charge on any atom is -0.385 e. The Bertz CT molecular complexity index is 524. The van der Waals surface area contributed by atoms with Crippen molar-refractivity contribution in [2.75, 3.05) is 19.0 Å². The van der Waals surface area contributed by atoms with Crippen LogP contribution in [0.25, 0.3) is 0 Å². The third-order valence-electron chi connectivity index (χ3n) is 2.66. The molecule has 1 aromatic heterocycles. The highest BCUT2D eigenvalue weighted by Crippen LogP contribution is 2.27. The second-order valence-electron chi connectivity index (χ2n) is 4.01. The Kier molecular flexibility index (Phi) is 4.76. The van der Waals surface area contributed by atoms with E-state index in [2.05, 4.69) is 10.3 Å². The number of aryl methyl sites for hydroxylation is 1. The predicted octanol–water partition coefficient (Wildman–Crippen LogP) is 3.46. The molecule has 0 aliphatic carbocycles. The van der Waals surface area contributed by atoms with E-state index in [-0.39, 0.29) is 5.69 Å². The van der Waals surface area contributed by atoms with Crippen LogP contribution >= 0.6 is 11.6 Å². The molecule has 6 heteroatoms. The first-order valence-electron chi connectivity index (χ1n) is 5.93. The number of rotatable bonds is 6. The van der Waals surface area contributed by atoms with E-state index in [1.54, 1.807) is 25.4 Å². The van der Waals surface area contributed by atoms with Crippen molar-refractivity contribution < 1.29 is 9.13 Å². The first-order chi connectivity index (χ1) is 9.22. The standard InChI is InChI=1S/C13H15ClFN3O/c1-19-9-3-7-18-8-6-16-13(18)17-12-10(14)4-2-5-11(12)15/h2,4-6,8H,3,7,9H2,1H3,(H,16,17). The van der Waals surface area contributed by atoms with Gasteiger partial charge >= 0.3 is 0 Å². The molecule has 2 rings (SSSR count). The van der Waals surface area contributed by atoms with E-state index in [0.29, 0.717) is 17.6 Å². The molecular weight excluding hydrogens is 269 g/mol. The molecule has 1 aromatic carbocycles. The number of nitrogens with one attached hydrogen (secondary N) is 1. The quantitative estimate of drug-likeness (QED) is 0.825. The lowest BCUT2D eigenvalue weighted by Gasteiger charge is -2.11. The van der Waals surface area contributed by atoms with E-state index >= 15 is 0 Å². The van der Waals surface area contributed by atoms with Crippen LogP contribution in [0.1, 0.15) is 6.42 Å². The van der Waals surface area contributed by atoms with Gasteiger partial charge in [-0.1, -0.05) is 17.7 Å². The fraction of sp³-hybridized carbons (Fsp3) is 0.308. The van der Waals surface area contributed by atoms with Gasteiger partial charge in [0.15, 0.2) is 0 Å². The number of methoxy groups -OCH3 is 1. The third kappa shape index (κ3) is 3.45. The molecule has 0 atom stereocenters. The molecule has 1 N–H and O–H groups in total. The van der Waals surface area contributed by atoms with E-state index in [9.17, 15) is 4.39 Å². The maximum Gasteiger partial charge on any atom is 0.207 e. The van der Waals surface area contributed by atoms with Gasteiger partial charge in [-0.05, 0) is 18.6 Å². The highest BCUT2D eigenvalue weighted by atomic mass is 35.5. The average molecular weight is 284 g/mol. The van der Waals surface area contributed by atoms with E-state index in [4.69, 9.17) is 16.3 Å². The zero-order valence-corrected chi connectivity index (χ0v) is 11.3. The monoisotopic (exact) mass is 283 g/mol. The SMILES string of the molecule is COCCCn1ccnc1Nc1c(F)cccc1Cl. The van der Waals surface area contributed by atoms with Gasteiger partial charge in [0.1, 0.15) is 5.82 Å². The van der Waals surface area contributed by atoms with Crippen LogP contribution < -0.4 is 5.32 Å². The lowest BCUT2D eigenvalue weighted by Crippen LogP contribution is -2.06. The molecule has 1 heterocycles. The second kappa shape index (κ2) is 6.54. The largest absolute Gasteiger partial charge is 0.385 e. The van der Waals surface area contributed by atoms with Crippen LogP contribution in [0.4, 0.5) is 16.0 Å². The van der Waals surface area contributed by atoms with Crippen molar-refractivity contribution in [1.29, 1.82) is 0 Å². The molecule has 0 spiro atoms. The van der Waals surface area contributed by atoms with Crippen LogP contribution in [0.15, 0.2) is 30.6 Å². The summed E-state index contributed by atoms with van der Waals surface area (Å²) >= 11 is 5.97. The van der Waals surface area contributed by atoms with Gasteiger partial charge in [0.25, 0.3) is 0 Å². The number of halogens is 2. The topological polar surface area (TPSA) is 39.1 Å². The Morgan fingerprint density at radius 1 is 1.47 bits per heavy atom. The number of imidazole rings is 1. The Morgan fingerprint density at radius 3 is 3.05 bits per heavy atom. The molecule has 4 nitrogen and oxygen atoms in total. The third-order valence-corrected chi connectivity index (χ3v) is 2.98. The van der Waals surface area contributed by atoms with Crippen LogP contribution in [-0.2, 0) is 11.3 Å². The van der Waals surface area contributed by atoms with Crippen LogP contribution in [0.2, 0.25) is 5.02 Å². The van der Waals surface area contributed by atoms with Crippen molar-refractivity contribution in [3.8, 4) is 0 Å². The minimum absolute atomic E-state index is 0.239. The summed E-state index contributed by atoms with van der Waals surface area (Å²) < 4.78 is 20.6. The maximum absolute atomic E-state index is 13.7. The number of hydrogen-bond acceptors (Lipinski definition) is 3. The van der Waals surface area contributed by atoms with Crippen molar-refractivity contribution in [2.45, 2.75) is 13.0 Å². The predicted molar refractivity (Wildman–Crippen MR) is 73.4 cm³/mol. The van der Waals surface area contributed by atoms with Gasteiger partial charge in [-0.25, -0.2) is 9.37 Å². The molecule has 0 aliphatic rings. The van der Waals surface area contributed by atoms with Gasteiger partial charge in [-0.3, -0.25) is 0 Å². The summed E-state index contributed by atoms with van der Waals surface area (Å²) in [5, 5.41) is 3.25. The minimum atomic E-state index is -0.404. The Balaban J connectivity index is 2.13. The van der Waals surface area contributed by atoms with E-state index in [0.717, 1.165) is 13.0 Å². The molecule has 0 saturated heterocycles. The van der Waals surface area contributed by atoms with Crippen LogP contribution in [0, 0.1) is 5.82 Å². The van der Waals surface area contributed by atoms with E-state index in [1.165, 1.54) is 6.07 Å². The summed E-state index contributed by atoms with van der Waals surface area (Å²) in [4.78, 5) is 4.16. The molecule has 0 amide bonds. The Morgan fingerprint density at radius 2 is 2.32 bits per heavy atom. The molecule has 0 saturated carbocycles. The molecule has 0 radical (unpaired) electrons. The number of para-hydroxylation sites is 1. The Hall–Kier alpha value is -1.59. The molecule has 0 bridgehead atoms. The van der Waals surface area contributed by atoms with Gasteiger partial charge in [-0.15, -0.1) is 0 Å². The number of hydrogen-bond donors (Lipinski definition) is 1. The van der Waals surface area contributed by atoms with Crippen molar-refractivity contribution in [1.82, 2.24) is 9.55 Å². The molecule has 102 valence electrons. The first kappa shape index (κ1) is 13.8. The van der Waals surface area contributed by atoms with Crippen LogP contribution in [-0.4, -0.2) is 23.3 Å². The van der Waals surface area contributed by atoms with E-state index < -0.39 is 5.82 Å². The van der Waals surface area contributed by atoms with Gasteiger partial charge < -0.3 is 14.6 Å². The van der Waals surface area contributed by atoms with Crippen molar-refractivity contribution in [3.05, 3.63) is 41.4 Å². The second-order valence-corrected chi connectivity index (χ2v) is 4.42. The van der Waals surface area contributed by atoms with Crippen molar-refractivity contribution >= 4 is 23.2 Å². The summed E-state index contributed by atoms with van der Waals surface area (Å²) in [7, 11) is 1.66. The van der Waals surface area contributed by atoms with Gasteiger partial charge in [-0.2, -0.15) is 0 Å². The summed E-state index contributed by atoms with van der Waals surface area (Å²) in [5.41, 5.74) is 0.239. The molecule has 0 unspecified atom stereocenters. The number of nitrogens with zero attached hydrogens (tertiary/aromatic N) is 2. The highest BCUT2D eigenvalue weighted by Gasteiger charge is 2.10. The molecule has 0 fully saturated rings. The molecule has 19 heavy (non-hydrogen) atoms. The fourth-order valence-electron chi connectivity index (χ4n) is 1.72. The Labute approximate surface area is 116 Å². The summed E-state index contributed by atoms with van der Waals surface area (Å²) in [6.07, 6.45) is 4.34.